The molecule has 6 nitrogen and oxygen atoms in total. The SMILES string of the molecule is COc1ccc(CCNC(=O)CC(=O)O)cc1OC. The summed E-state index contributed by atoms with van der Waals surface area (Å²) in [6, 6.07) is 5.47. The van der Waals surface area contributed by atoms with Crippen LogP contribution >= 0.6 is 0 Å². The first-order valence-electron chi connectivity index (χ1n) is 5.76. The Balaban J connectivity index is 2.49. The van der Waals surface area contributed by atoms with E-state index >= 15 is 0 Å². The molecule has 1 rings (SSSR count). The van der Waals surface area contributed by atoms with Crippen LogP contribution in [0.4, 0.5) is 0 Å². The highest BCUT2D eigenvalue weighted by Gasteiger charge is 2.07. The summed E-state index contributed by atoms with van der Waals surface area (Å²) in [7, 11) is 3.11. The van der Waals surface area contributed by atoms with E-state index in [9.17, 15) is 9.59 Å². The van der Waals surface area contributed by atoms with Crippen molar-refractivity contribution in [3.05, 3.63) is 23.8 Å². The third kappa shape index (κ3) is 4.87. The van der Waals surface area contributed by atoms with Gasteiger partial charge in [-0.15, -0.1) is 0 Å². The molecule has 0 aliphatic rings. The Morgan fingerprint density at radius 1 is 1.21 bits per heavy atom. The number of aliphatic carboxylic acids is 1. The van der Waals surface area contributed by atoms with Crippen LogP contribution in [0.5, 0.6) is 11.5 Å². The van der Waals surface area contributed by atoms with Crippen molar-refractivity contribution in [3.8, 4) is 11.5 Å². The van der Waals surface area contributed by atoms with Crippen LogP contribution in [0.2, 0.25) is 0 Å². The summed E-state index contributed by atoms with van der Waals surface area (Å²) in [5.41, 5.74) is 0.966. The number of carboxylic acid groups (broad SMARTS) is 1. The van der Waals surface area contributed by atoms with Crippen molar-refractivity contribution < 1.29 is 24.2 Å². The largest absolute Gasteiger partial charge is 0.493 e. The Bertz CT molecular complexity index is 458. The summed E-state index contributed by atoms with van der Waals surface area (Å²) in [5, 5.41) is 11.0. The molecule has 0 fully saturated rings. The van der Waals surface area contributed by atoms with E-state index in [0.29, 0.717) is 24.5 Å². The van der Waals surface area contributed by atoms with Gasteiger partial charge in [0.05, 0.1) is 14.2 Å². The molecule has 0 aromatic heterocycles. The molecule has 0 aliphatic carbocycles. The van der Waals surface area contributed by atoms with E-state index < -0.39 is 18.3 Å². The van der Waals surface area contributed by atoms with Gasteiger partial charge >= 0.3 is 5.97 Å². The van der Waals surface area contributed by atoms with Gasteiger partial charge in [0, 0.05) is 6.54 Å². The summed E-state index contributed by atoms with van der Waals surface area (Å²) in [6.45, 7) is 0.377. The van der Waals surface area contributed by atoms with Gasteiger partial charge in [-0.3, -0.25) is 9.59 Å². The van der Waals surface area contributed by atoms with Crippen LogP contribution in [0.25, 0.3) is 0 Å². The van der Waals surface area contributed by atoms with Crippen molar-refractivity contribution in [2.24, 2.45) is 0 Å². The van der Waals surface area contributed by atoms with Gasteiger partial charge in [-0.1, -0.05) is 6.07 Å². The van der Waals surface area contributed by atoms with Gasteiger partial charge in [-0.25, -0.2) is 0 Å². The van der Waals surface area contributed by atoms with Gasteiger partial charge < -0.3 is 19.9 Å². The second-order valence-electron chi connectivity index (χ2n) is 3.86. The summed E-state index contributed by atoms with van der Waals surface area (Å²) < 4.78 is 10.3. The quantitative estimate of drug-likeness (QED) is 0.715. The van der Waals surface area contributed by atoms with E-state index in [1.807, 2.05) is 12.1 Å². The van der Waals surface area contributed by atoms with Gasteiger partial charge in [0.25, 0.3) is 0 Å². The maximum absolute atomic E-state index is 11.1. The molecule has 2 N–H and O–H groups in total. The topological polar surface area (TPSA) is 84.9 Å². The van der Waals surface area contributed by atoms with E-state index in [-0.39, 0.29) is 0 Å². The lowest BCUT2D eigenvalue weighted by Crippen LogP contribution is -2.27. The first-order chi connectivity index (χ1) is 9.06. The lowest BCUT2D eigenvalue weighted by atomic mass is 10.1. The summed E-state index contributed by atoms with van der Waals surface area (Å²) in [6.07, 6.45) is 0.0810. The predicted octanol–water partition coefficient (Wildman–Crippen LogP) is 0.837. The van der Waals surface area contributed by atoms with Gasteiger partial charge in [0.2, 0.25) is 5.91 Å². The molecular formula is C13H17NO5. The monoisotopic (exact) mass is 267 g/mol. The highest BCUT2D eigenvalue weighted by molar-refractivity contribution is 5.93. The number of amides is 1. The van der Waals surface area contributed by atoms with Crippen LogP contribution < -0.4 is 14.8 Å². The maximum Gasteiger partial charge on any atom is 0.312 e. The standard InChI is InChI=1S/C13H17NO5/c1-18-10-4-3-9(7-11(10)19-2)5-6-14-12(15)8-13(16)17/h3-4,7H,5-6,8H2,1-2H3,(H,14,15)(H,16,17). The van der Waals surface area contributed by atoms with E-state index in [0.717, 1.165) is 5.56 Å². The fraction of sp³-hybridized carbons (Fsp3) is 0.385. The molecule has 104 valence electrons. The van der Waals surface area contributed by atoms with Gasteiger partial charge in [0.15, 0.2) is 11.5 Å². The number of carboxylic acids is 1. The van der Waals surface area contributed by atoms with Crippen LogP contribution in [0.15, 0.2) is 18.2 Å². The van der Waals surface area contributed by atoms with E-state index in [2.05, 4.69) is 5.32 Å². The van der Waals surface area contributed by atoms with Crippen LogP contribution in [-0.2, 0) is 16.0 Å². The molecule has 1 amide bonds. The lowest BCUT2D eigenvalue weighted by molar-refractivity contribution is -0.140. The average molecular weight is 267 g/mol. The van der Waals surface area contributed by atoms with Crippen molar-refractivity contribution in [1.82, 2.24) is 5.32 Å². The number of benzene rings is 1. The molecule has 1 aromatic rings. The van der Waals surface area contributed by atoms with Crippen LogP contribution in [-0.4, -0.2) is 37.7 Å². The highest BCUT2D eigenvalue weighted by Crippen LogP contribution is 2.27. The first-order valence-corrected chi connectivity index (χ1v) is 5.76. The number of ether oxygens (including phenoxy) is 2. The molecule has 0 unspecified atom stereocenters. The number of carbonyl (C=O) groups excluding carboxylic acids is 1. The smallest absolute Gasteiger partial charge is 0.312 e. The Morgan fingerprint density at radius 3 is 2.47 bits per heavy atom. The lowest BCUT2D eigenvalue weighted by Gasteiger charge is -2.09. The van der Waals surface area contributed by atoms with Crippen molar-refractivity contribution >= 4 is 11.9 Å². The predicted molar refractivity (Wildman–Crippen MR) is 68.5 cm³/mol. The fourth-order valence-electron chi connectivity index (χ4n) is 1.58. The summed E-state index contributed by atoms with van der Waals surface area (Å²) in [5.74, 6) is -0.366. The Labute approximate surface area is 111 Å². The van der Waals surface area contributed by atoms with Crippen LogP contribution in [0.1, 0.15) is 12.0 Å². The maximum atomic E-state index is 11.1. The molecule has 0 heterocycles. The van der Waals surface area contributed by atoms with E-state index in [4.69, 9.17) is 14.6 Å². The number of nitrogens with one attached hydrogen (secondary N) is 1. The second-order valence-corrected chi connectivity index (χ2v) is 3.86. The second kappa shape index (κ2) is 7.25. The molecule has 19 heavy (non-hydrogen) atoms. The Kier molecular flexibility index (Phi) is 5.66. The first kappa shape index (κ1) is 14.8. The Morgan fingerprint density at radius 2 is 1.89 bits per heavy atom. The zero-order chi connectivity index (χ0) is 14.3. The fourth-order valence-corrected chi connectivity index (χ4v) is 1.58. The van der Waals surface area contributed by atoms with Gasteiger partial charge in [-0.05, 0) is 24.1 Å². The van der Waals surface area contributed by atoms with Crippen LogP contribution in [0.3, 0.4) is 0 Å². The number of carbonyl (C=O) groups is 2. The molecule has 0 spiro atoms. The molecule has 0 saturated heterocycles. The third-order valence-electron chi connectivity index (χ3n) is 2.50. The van der Waals surface area contributed by atoms with Crippen molar-refractivity contribution in [1.29, 1.82) is 0 Å². The molecular weight excluding hydrogens is 250 g/mol. The third-order valence-corrected chi connectivity index (χ3v) is 2.50. The molecule has 1 aromatic carbocycles. The van der Waals surface area contributed by atoms with Crippen molar-refractivity contribution in [2.45, 2.75) is 12.8 Å². The minimum Gasteiger partial charge on any atom is -0.493 e. The Hall–Kier alpha value is -2.24. The average Bonchev–Trinajstić information content (AvgIpc) is 2.37. The summed E-state index contributed by atoms with van der Waals surface area (Å²) >= 11 is 0. The minimum atomic E-state index is -1.14. The molecule has 0 bridgehead atoms. The van der Waals surface area contributed by atoms with Gasteiger partial charge in [0.1, 0.15) is 6.42 Å². The van der Waals surface area contributed by atoms with E-state index in [1.54, 1.807) is 20.3 Å². The van der Waals surface area contributed by atoms with Crippen LogP contribution in [0, 0.1) is 0 Å². The molecule has 6 heteroatoms. The number of hydrogen-bond acceptors (Lipinski definition) is 4. The van der Waals surface area contributed by atoms with E-state index in [1.165, 1.54) is 0 Å². The summed E-state index contributed by atoms with van der Waals surface area (Å²) in [4.78, 5) is 21.4. The number of methoxy groups -OCH3 is 2. The molecule has 0 aliphatic heterocycles. The molecule has 0 saturated carbocycles. The zero-order valence-electron chi connectivity index (χ0n) is 10.9. The highest BCUT2D eigenvalue weighted by atomic mass is 16.5. The number of hydrogen-bond donors (Lipinski definition) is 2. The zero-order valence-corrected chi connectivity index (χ0v) is 10.9. The van der Waals surface area contributed by atoms with Gasteiger partial charge in [-0.2, -0.15) is 0 Å². The number of rotatable bonds is 7. The molecule has 0 radical (unpaired) electrons. The molecule has 0 atom stereocenters. The minimum absolute atomic E-state index is 0.377. The van der Waals surface area contributed by atoms with Crippen molar-refractivity contribution in [3.63, 3.8) is 0 Å². The van der Waals surface area contributed by atoms with Crippen molar-refractivity contribution in [2.75, 3.05) is 20.8 Å². The normalized spacial score (nSPS) is 9.79.